The molecule has 2 unspecified atom stereocenters. The van der Waals surface area contributed by atoms with Gasteiger partial charge >= 0.3 is 205 Å². The Balaban J connectivity index is 1.69. The zero-order valence-corrected chi connectivity index (χ0v) is 29.5. The molecule has 3 aromatic rings. The molecule has 3 N–H and O–H groups in total. The van der Waals surface area contributed by atoms with Gasteiger partial charge in [0.2, 0.25) is 0 Å². The molecule has 2 atom stereocenters. The van der Waals surface area contributed by atoms with Crippen LogP contribution in [0.25, 0.3) is 0 Å². The molecule has 0 aliphatic rings. The molecular formula is C33H43ClN4O5Sn. The van der Waals surface area contributed by atoms with E-state index in [9.17, 15) is 14.4 Å². The zero-order chi connectivity index (χ0) is 32.0. The average molecular weight is 730 g/mol. The number of nitrogens with zero attached hydrogens (tertiary/aromatic N) is 1. The predicted octanol–water partition coefficient (Wildman–Crippen LogP) is 4.98. The molecule has 3 rings (SSSR count). The van der Waals surface area contributed by atoms with Gasteiger partial charge in [0.05, 0.1) is 0 Å². The summed E-state index contributed by atoms with van der Waals surface area (Å²) in [6.45, 7) is 0.906. The van der Waals surface area contributed by atoms with Crippen LogP contribution in [-0.4, -0.2) is 67.4 Å². The normalized spacial score (nSPS) is 12.6. The van der Waals surface area contributed by atoms with E-state index in [-0.39, 0.29) is 32.0 Å². The Morgan fingerprint density at radius 1 is 0.955 bits per heavy atom. The van der Waals surface area contributed by atoms with Gasteiger partial charge in [0.1, 0.15) is 5.82 Å². The molecule has 0 bridgehead atoms. The first-order valence-electron chi connectivity index (χ1n) is 14.8. The summed E-state index contributed by atoms with van der Waals surface area (Å²) in [5.74, 6) is -0.416. The third-order valence-electron chi connectivity index (χ3n) is 6.95. The number of pyridine rings is 1. The van der Waals surface area contributed by atoms with Crippen molar-refractivity contribution in [1.82, 2.24) is 15.6 Å². The third kappa shape index (κ3) is 12.5. The number of benzene rings is 2. The van der Waals surface area contributed by atoms with Crippen LogP contribution < -0.4 is 19.5 Å². The molecule has 0 fully saturated rings. The number of aromatic nitrogens is 1. The van der Waals surface area contributed by atoms with Crippen molar-refractivity contribution in [3.8, 4) is 0 Å². The Morgan fingerprint density at radius 2 is 1.70 bits per heavy atom. The summed E-state index contributed by atoms with van der Waals surface area (Å²) in [4.78, 5) is 50.0. The van der Waals surface area contributed by atoms with Gasteiger partial charge in [-0.05, 0) is 12.1 Å². The fraction of sp³-hybridized carbons (Fsp3) is 0.394. The topological polar surface area (TPSA) is 119 Å². The third-order valence-corrected chi connectivity index (χ3v) is 12.9. The van der Waals surface area contributed by atoms with Crippen molar-refractivity contribution in [3.05, 3.63) is 89.1 Å². The van der Waals surface area contributed by atoms with Gasteiger partial charge in [-0.15, -0.1) is 0 Å². The molecule has 0 radical (unpaired) electrons. The molecule has 236 valence electrons. The molecule has 2 aromatic carbocycles. The summed E-state index contributed by atoms with van der Waals surface area (Å²) in [7, 11) is 1.31. The van der Waals surface area contributed by atoms with Crippen molar-refractivity contribution >= 4 is 57.2 Å². The van der Waals surface area contributed by atoms with Crippen LogP contribution in [0.3, 0.4) is 0 Å². The van der Waals surface area contributed by atoms with E-state index in [2.05, 4.69) is 35.8 Å². The summed E-state index contributed by atoms with van der Waals surface area (Å²) in [5, 5.41) is 9.58. The van der Waals surface area contributed by atoms with Crippen LogP contribution in [0.2, 0.25) is 19.8 Å². The van der Waals surface area contributed by atoms with E-state index in [1.165, 1.54) is 10.7 Å². The van der Waals surface area contributed by atoms with Crippen molar-refractivity contribution in [3.63, 3.8) is 0 Å². The Kier molecular flexibility index (Phi) is 14.4. The van der Waals surface area contributed by atoms with Gasteiger partial charge in [0, 0.05) is 12.7 Å². The van der Waals surface area contributed by atoms with Gasteiger partial charge in [-0.3, -0.25) is 0 Å². The van der Waals surface area contributed by atoms with E-state index in [1.54, 1.807) is 12.3 Å². The second kappa shape index (κ2) is 18.0. The summed E-state index contributed by atoms with van der Waals surface area (Å²) in [6.07, 6.45) is 3.25. The first-order valence-corrected chi connectivity index (χ1v) is 25.2. The fourth-order valence-electron chi connectivity index (χ4n) is 4.43. The Hall–Kier alpha value is -3.15. The molecule has 0 saturated heterocycles. The summed E-state index contributed by atoms with van der Waals surface area (Å²) in [6, 6.07) is 19.3. The Morgan fingerprint density at radius 3 is 2.39 bits per heavy atom. The van der Waals surface area contributed by atoms with Crippen LogP contribution in [0, 0.1) is 0 Å². The van der Waals surface area contributed by atoms with Gasteiger partial charge < -0.3 is 5.32 Å². The van der Waals surface area contributed by atoms with Crippen molar-refractivity contribution < 1.29 is 23.9 Å². The molecule has 0 aliphatic heterocycles. The van der Waals surface area contributed by atoms with Crippen LogP contribution >= 0.6 is 11.6 Å². The number of carbonyl (C=O) groups excluding carboxylic acids is 3. The van der Waals surface area contributed by atoms with Crippen molar-refractivity contribution in [2.24, 2.45) is 0 Å². The number of carbonyl (C=O) groups is 3. The van der Waals surface area contributed by atoms with Crippen molar-refractivity contribution in [2.75, 3.05) is 25.6 Å². The number of halogens is 1. The van der Waals surface area contributed by atoms with Gasteiger partial charge in [-0.1, -0.05) is 24.3 Å². The Labute approximate surface area is 269 Å². The standard InChI is InChI=1S/C30H34ClN4O5.3CH3.Sn/c1-39-29(37)19-25(23-12-9-13-24(31)18-23)35-30(38)26(21-40-20-22-10-3-2-4-11-22)34-28(36)15-6-8-17-33-27-14-5-7-16-32-27;;;;/h2-5,7,10-14,16,18,25-26H,6,8,15,17,19-21H2,1H3,(H,32,33)(H,34,36)(H,35,38);3*1H3;. The minimum atomic E-state index is -2.55. The monoisotopic (exact) mass is 730 g/mol. The van der Waals surface area contributed by atoms with E-state index in [4.69, 9.17) is 21.1 Å². The second-order valence-corrected chi connectivity index (χ2v) is 26.5. The molecule has 11 heteroatoms. The van der Waals surface area contributed by atoms with E-state index in [0.29, 0.717) is 23.6 Å². The van der Waals surface area contributed by atoms with Crippen LogP contribution in [0.5, 0.6) is 0 Å². The molecule has 0 aliphatic carbocycles. The van der Waals surface area contributed by atoms with Crippen LogP contribution in [0.1, 0.15) is 42.9 Å². The number of hydrogen-bond acceptors (Lipinski definition) is 7. The molecule has 9 nitrogen and oxygen atoms in total. The Bertz CT molecular complexity index is 1360. The second-order valence-electron chi connectivity index (χ2n) is 11.6. The first kappa shape index (κ1) is 35.3. The number of hydrogen-bond donors (Lipinski definition) is 3. The number of esters is 1. The quantitative estimate of drug-likeness (QED) is 0.102. The molecule has 2 amide bonds. The van der Waals surface area contributed by atoms with Gasteiger partial charge in [-0.25, -0.2) is 4.98 Å². The fourth-order valence-corrected chi connectivity index (χ4v) is 8.33. The van der Waals surface area contributed by atoms with E-state index >= 15 is 0 Å². The zero-order valence-electron chi connectivity index (χ0n) is 25.9. The molecule has 44 heavy (non-hydrogen) atoms. The van der Waals surface area contributed by atoms with E-state index in [1.807, 2.05) is 60.7 Å². The number of amides is 2. The summed E-state index contributed by atoms with van der Waals surface area (Å²) < 4.78 is 12.0. The molecular weight excluding hydrogens is 687 g/mol. The number of nitrogens with one attached hydrogen (secondary N) is 3. The van der Waals surface area contributed by atoms with Gasteiger partial charge in [0.25, 0.3) is 0 Å². The predicted molar refractivity (Wildman–Crippen MR) is 177 cm³/mol. The number of rotatable bonds is 17. The van der Waals surface area contributed by atoms with Crippen LogP contribution in [0.4, 0.5) is 5.82 Å². The summed E-state index contributed by atoms with van der Waals surface area (Å²) in [5.41, 5.74) is 1.66. The van der Waals surface area contributed by atoms with Crippen molar-refractivity contribution in [2.45, 2.75) is 59.2 Å². The van der Waals surface area contributed by atoms with Crippen LogP contribution in [0.15, 0.2) is 72.9 Å². The van der Waals surface area contributed by atoms with Gasteiger partial charge in [0.15, 0.2) is 0 Å². The molecule has 0 spiro atoms. The van der Waals surface area contributed by atoms with Gasteiger partial charge in [-0.2, -0.15) is 0 Å². The number of ether oxygens (including phenoxy) is 2. The van der Waals surface area contributed by atoms with Crippen LogP contribution in [-0.2, 0) is 30.5 Å². The maximum atomic E-state index is 13.7. The maximum absolute atomic E-state index is 13.7. The van der Waals surface area contributed by atoms with E-state index < -0.39 is 42.3 Å². The molecule has 1 aromatic heterocycles. The molecule has 0 saturated carbocycles. The number of unbranched alkanes of at least 4 members (excludes halogenated alkanes) is 1. The van der Waals surface area contributed by atoms with E-state index in [0.717, 1.165) is 17.8 Å². The molecule has 1 heterocycles. The minimum absolute atomic E-state index is 0.0438. The average Bonchev–Trinajstić information content (AvgIpc) is 3.00. The SMILES string of the molecule is COC(=O)CC(NC(=O)C(COCc1ccccc1)NC(=O)CCCCNc1ccccn1)c1cc(Cl)c[c]([Sn]([CH3])([CH3])[CH3])c1. The number of methoxy groups -OCH3 is 1. The number of anilines is 1. The first-order chi connectivity index (χ1) is 21.0. The summed E-state index contributed by atoms with van der Waals surface area (Å²) >= 11 is 3.94. The van der Waals surface area contributed by atoms with Crippen molar-refractivity contribution in [1.29, 1.82) is 0 Å².